The predicted octanol–water partition coefficient (Wildman–Crippen LogP) is 2.98. The summed E-state index contributed by atoms with van der Waals surface area (Å²) in [4.78, 5) is 12.3. The Kier molecular flexibility index (Phi) is 4.50. The van der Waals surface area contributed by atoms with Gasteiger partial charge in [0.2, 0.25) is 0 Å². The fourth-order valence-corrected chi connectivity index (χ4v) is 3.28. The predicted molar refractivity (Wildman–Crippen MR) is 79.8 cm³/mol. The van der Waals surface area contributed by atoms with E-state index in [1.165, 1.54) is 17.8 Å². The molecule has 1 aliphatic rings. The monoisotopic (exact) mass is 293 g/mol. The maximum Gasteiger partial charge on any atom is 0.343 e. The molecule has 2 unspecified atom stereocenters. The molecule has 0 amide bonds. The second-order valence-electron chi connectivity index (χ2n) is 4.92. The molecule has 1 saturated carbocycles. The molecule has 6 heteroatoms. The van der Waals surface area contributed by atoms with Crippen LogP contribution in [0.2, 0.25) is 0 Å². The number of hydrogen-bond donors (Lipinski definition) is 2. The zero-order chi connectivity index (χ0) is 14.7. The quantitative estimate of drug-likeness (QED) is 0.787. The van der Waals surface area contributed by atoms with Gasteiger partial charge in [-0.05, 0) is 25.7 Å². The molecule has 0 aliphatic heterocycles. The van der Waals surface area contributed by atoms with E-state index in [1.54, 1.807) is 6.92 Å². The first kappa shape index (κ1) is 14.7. The highest BCUT2D eigenvalue weighted by Crippen LogP contribution is 2.42. The number of hydrogen-bond acceptors (Lipinski definition) is 6. The Labute approximate surface area is 122 Å². The molecule has 1 heterocycles. The topological polar surface area (TPSA) is 88.1 Å². The zero-order valence-corrected chi connectivity index (χ0v) is 12.5. The van der Waals surface area contributed by atoms with E-state index >= 15 is 0 Å². The first-order valence-corrected chi connectivity index (χ1v) is 7.69. The highest BCUT2D eigenvalue weighted by atomic mass is 32.1. The molecular weight excluding hydrogens is 274 g/mol. The van der Waals surface area contributed by atoms with Gasteiger partial charge in [-0.1, -0.05) is 13.3 Å². The molecule has 1 aliphatic carbocycles. The molecule has 0 bridgehead atoms. The number of rotatable bonds is 6. The third-order valence-electron chi connectivity index (χ3n) is 3.42. The van der Waals surface area contributed by atoms with Crippen LogP contribution in [0.1, 0.15) is 48.3 Å². The molecule has 108 valence electrons. The lowest BCUT2D eigenvalue weighted by Crippen LogP contribution is -2.11. The fourth-order valence-electron chi connectivity index (χ4n) is 2.32. The molecule has 2 rings (SSSR count). The molecule has 5 nitrogen and oxygen atoms in total. The van der Waals surface area contributed by atoms with E-state index in [0.717, 1.165) is 12.8 Å². The third-order valence-corrected chi connectivity index (χ3v) is 4.47. The number of carbonyl (C=O) groups excluding carboxylic acids is 1. The van der Waals surface area contributed by atoms with Crippen molar-refractivity contribution in [3.8, 4) is 6.07 Å². The average Bonchev–Trinajstić information content (AvgIpc) is 3.05. The number of nitriles is 1. The van der Waals surface area contributed by atoms with E-state index in [4.69, 9.17) is 15.7 Å². The van der Waals surface area contributed by atoms with Crippen molar-refractivity contribution in [2.24, 2.45) is 5.92 Å². The van der Waals surface area contributed by atoms with E-state index in [-0.39, 0.29) is 12.3 Å². The summed E-state index contributed by atoms with van der Waals surface area (Å²) in [5.41, 5.74) is 6.43. The summed E-state index contributed by atoms with van der Waals surface area (Å²) in [6, 6.07) is 2.41. The number of nitrogen functional groups attached to an aromatic ring is 1. The molecule has 1 fully saturated rings. The number of ether oxygens (including phenoxy) is 1. The Balaban J connectivity index is 2.19. The summed E-state index contributed by atoms with van der Waals surface area (Å²) in [5, 5.41) is 13.1. The Morgan fingerprint density at radius 2 is 2.35 bits per heavy atom. The molecule has 3 N–H and O–H groups in total. The van der Waals surface area contributed by atoms with Crippen LogP contribution in [-0.4, -0.2) is 18.6 Å². The van der Waals surface area contributed by atoms with Gasteiger partial charge in [-0.25, -0.2) is 4.79 Å². The number of esters is 1. The first-order valence-electron chi connectivity index (χ1n) is 6.88. The van der Waals surface area contributed by atoms with E-state index in [9.17, 15) is 4.79 Å². The summed E-state index contributed by atoms with van der Waals surface area (Å²) >= 11 is 1.23. The van der Waals surface area contributed by atoms with Crippen LogP contribution in [0.4, 0.5) is 10.7 Å². The van der Waals surface area contributed by atoms with Gasteiger partial charge < -0.3 is 15.8 Å². The standard InChI is InChI=1S/C14H19N3O2S/c1-3-5-8-6-9(8)17-13-11(14(18)19-4-2)12(16)10(7-15)20-13/h8-9,17H,3-6,16H2,1-2H3. The van der Waals surface area contributed by atoms with Gasteiger partial charge in [-0.2, -0.15) is 5.26 Å². The minimum absolute atomic E-state index is 0.228. The minimum atomic E-state index is -0.460. The van der Waals surface area contributed by atoms with Gasteiger partial charge in [0.1, 0.15) is 21.5 Å². The van der Waals surface area contributed by atoms with Crippen LogP contribution in [0.5, 0.6) is 0 Å². The van der Waals surface area contributed by atoms with Crippen molar-refractivity contribution >= 4 is 28.0 Å². The van der Waals surface area contributed by atoms with E-state index < -0.39 is 5.97 Å². The van der Waals surface area contributed by atoms with Gasteiger partial charge in [-0.15, -0.1) is 11.3 Å². The van der Waals surface area contributed by atoms with Gasteiger partial charge >= 0.3 is 5.97 Å². The number of nitrogens with zero attached hydrogens (tertiary/aromatic N) is 1. The van der Waals surface area contributed by atoms with Crippen molar-refractivity contribution in [3.63, 3.8) is 0 Å². The van der Waals surface area contributed by atoms with E-state index in [0.29, 0.717) is 27.4 Å². The molecule has 1 aromatic rings. The highest BCUT2D eigenvalue weighted by Gasteiger charge is 2.37. The molecule has 0 spiro atoms. The fraction of sp³-hybridized carbons (Fsp3) is 0.571. The van der Waals surface area contributed by atoms with E-state index in [2.05, 4.69) is 12.2 Å². The van der Waals surface area contributed by atoms with Crippen molar-refractivity contribution in [3.05, 3.63) is 10.4 Å². The first-order chi connectivity index (χ1) is 9.62. The smallest absolute Gasteiger partial charge is 0.343 e. The number of thiophene rings is 1. The van der Waals surface area contributed by atoms with Crippen molar-refractivity contribution in [1.82, 2.24) is 0 Å². The number of nitrogens with two attached hydrogens (primary N) is 1. The summed E-state index contributed by atoms with van der Waals surface area (Å²) in [5.74, 6) is 0.196. The molecule has 0 saturated heterocycles. The second-order valence-corrected chi connectivity index (χ2v) is 5.94. The molecule has 0 radical (unpaired) electrons. The van der Waals surface area contributed by atoms with Gasteiger partial charge in [0.05, 0.1) is 12.3 Å². The normalized spacial score (nSPS) is 20.2. The Bertz CT molecular complexity index is 547. The Morgan fingerprint density at radius 3 is 2.95 bits per heavy atom. The molecular formula is C14H19N3O2S. The second kappa shape index (κ2) is 6.14. The number of nitrogens with one attached hydrogen (secondary N) is 1. The van der Waals surface area contributed by atoms with Gasteiger partial charge in [0, 0.05) is 6.04 Å². The van der Waals surface area contributed by atoms with E-state index in [1.807, 2.05) is 6.07 Å². The maximum absolute atomic E-state index is 12.0. The Morgan fingerprint density at radius 1 is 1.60 bits per heavy atom. The van der Waals surface area contributed by atoms with Crippen LogP contribution in [0.25, 0.3) is 0 Å². The molecule has 1 aromatic heterocycles. The maximum atomic E-state index is 12.0. The lowest BCUT2D eigenvalue weighted by atomic mass is 10.2. The zero-order valence-electron chi connectivity index (χ0n) is 11.7. The SMILES string of the molecule is CCCC1CC1Nc1sc(C#N)c(N)c1C(=O)OCC. The molecule has 2 atom stereocenters. The average molecular weight is 293 g/mol. The van der Waals surface area contributed by atoms with Crippen LogP contribution < -0.4 is 11.1 Å². The number of anilines is 2. The lowest BCUT2D eigenvalue weighted by Gasteiger charge is -2.07. The van der Waals surface area contributed by atoms with Crippen molar-refractivity contribution in [2.75, 3.05) is 17.7 Å². The van der Waals surface area contributed by atoms with Crippen molar-refractivity contribution in [1.29, 1.82) is 5.26 Å². The molecule has 20 heavy (non-hydrogen) atoms. The van der Waals surface area contributed by atoms with Crippen LogP contribution in [-0.2, 0) is 4.74 Å². The summed E-state index contributed by atoms with van der Waals surface area (Å²) in [6.07, 6.45) is 3.44. The van der Waals surface area contributed by atoms with Crippen LogP contribution >= 0.6 is 11.3 Å². The largest absolute Gasteiger partial charge is 0.462 e. The summed E-state index contributed by atoms with van der Waals surface area (Å²) in [6.45, 7) is 4.20. The minimum Gasteiger partial charge on any atom is -0.462 e. The summed E-state index contributed by atoms with van der Waals surface area (Å²) in [7, 11) is 0. The highest BCUT2D eigenvalue weighted by molar-refractivity contribution is 7.17. The van der Waals surface area contributed by atoms with Crippen LogP contribution in [0, 0.1) is 17.2 Å². The van der Waals surface area contributed by atoms with Crippen LogP contribution in [0.3, 0.4) is 0 Å². The van der Waals surface area contributed by atoms with Crippen LogP contribution in [0.15, 0.2) is 0 Å². The van der Waals surface area contributed by atoms with Gasteiger partial charge in [0.25, 0.3) is 0 Å². The van der Waals surface area contributed by atoms with Crippen molar-refractivity contribution < 1.29 is 9.53 Å². The number of carbonyl (C=O) groups is 1. The van der Waals surface area contributed by atoms with Gasteiger partial charge in [0.15, 0.2) is 0 Å². The third kappa shape index (κ3) is 2.88. The molecule has 0 aromatic carbocycles. The lowest BCUT2D eigenvalue weighted by molar-refractivity contribution is 0.0529. The van der Waals surface area contributed by atoms with Crippen molar-refractivity contribution in [2.45, 2.75) is 39.2 Å². The van der Waals surface area contributed by atoms with Gasteiger partial charge in [-0.3, -0.25) is 0 Å². The summed E-state index contributed by atoms with van der Waals surface area (Å²) < 4.78 is 5.02. The Hall–Kier alpha value is -1.74.